The molecule has 0 amide bonds. The summed E-state index contributed by atoms with van der Waals surface area (Å²) in [6.07, 6.45) is 3.00. The van der Waals surface area contributed by atoms with Gasteiger partial charge in [0.1, 0.15) is 6.23 Å². The molecule has 1 fully saturated rings. The van der Waals surface area contributed by atoms with E-state index in [-0.39, 0.29) is 12.3 Å². The molecular weight excluding hydrogens is 292 g/mol. The number of nitrogens with two attached hydrogens (primary N) is 1. The van der Waals surface area contributed by atoms with Crippen LogP contribution in [0.3, 0.4) is 0 Å². The minimum atomic E-state index is -0.0606. The molecule has 2 aromatic rings. The first-order valence-corrected chi connectivity index (χ1v) is 8.21. The molecular formula is C16H27N6O+. The van der Waals surface area contributed by atoms with Gasteiger partial charge in [0.15, 0.2) is 17.0 Å². The molecule has 7 heteroatoms. The SMILES string of the molecule is CC[C@H]1O[C@@H](n2cnc3c(N)nc([N+](C)(C)C)nc32)[C@H](C)[C@@H]1C. The second kappa shape index (κ2) is 5.42. The van der Waals surface area contributed by atoms with Gasteiger partial charge in [-0.3, -0.25) is 9.05 Å². The molecule has 126 valence electrons. The average molecular weight is 319 g/mol. The van der Waals surface area contributed by atoms with Crippen LogP contribution in [0.2, 0.25) is 0 Å². The highest BCUT2D eigenvalue weighted by Crippen LogP contribution is 2.41. The van der Waals surface area contributed by atoms with Crippen molar-refractivity contribution in [2.75, 3.05) is 26.9 Å². The van der Waals surface area contributed by atoms with Crippen molar-refractivity contribution in [2.24, 2.45) is 11.8 Å². The summed E-state index contributed by atoms with van der Waals surface area (Å²) in [5.74, 6) is 1.98. The van der Waals surface area contributed by atoms with Crippen LogP contribution in [-0.2, 0) is 4.74 Å². The zero-order valence-corrected chi connectivity index (χ0v) is 14.8. The number of hydrogen-bond donors (Lipinski definition) is 1. The van der Waals surface area contributed by atoms with Gasteiger partial charge in [-0.25, -0.2) is 4.98 Å². The first kappa shape index (κ1) is 16.1. The Kier molecular flexibility index (Phi) is 3.80. The van der Waals surface area contributed by atoms with E-state index in [1.54, 1.807) is 6.33 Å². The molecule has 0 spiro atoms. The number of quaternary nitrogens is 1. The second-order valence-corrected chi connectivity index (χ2v) is 7.44. The van der Waals surface area contributed by atoms with E-state index in [0.717, 1.165) is 12.1 Å². The second-order valence-electron chi connectivity index (χ2n) is 7.44. The highest BCUT2D eigenvalue weighted by Gasteiger charge is 2.40. The van der Waals surface area contributed by atoms with Crippen molar-refractivity contribution < 1.29 is 4.74 Å². The van der Waals surface area contributed by atoms with Gasteiger partial charge in [-0.15, -0.1) is 0 Å². The molecule has 3 heterocycles. The van der Waals surface area contributed by atoms with Crippen molar-refractivity contribution in [1.82, 2.24) is 24.0 Å². The van der Waals surface area contributed by atoms with Crippen LogP contribution in [0.15, 0.2) is 6.33 Å². The number of anilines is 1. The maximum atomic E-state index is 6.27. The van der Waals surface area contributed by atoms with Crippen LogP contribution in [-0.4, -0.2) is 46.8 Å². The molecule has 7 nitrogen and oxygen atoms in total. The highest BCUT2D eigenvalue weighted by atomic mass is 16.5. The molecule has 0 radical (unpaired) electrons. The molecule has 3 rings (SSSR count). The summed E-state index contributed by atoms with van der Waals surface area (Å²) >= 11 is 0. The van der Waals surface area contributed by atoms with Gasteiger partial charge in [0.2, 0.25) is 0 Å². The molecule has 4 atom stereocenters. The number of fused-ring (bicyclic) bond motifs is 1. The van der Waals surface area contributed by atoms with Crippen LogP contribution in [0.25, 0.3) is 11.2 Å². The van der Waals surface area contributed by atoms with Crippen molar-refractivity contribution in [3.8, 4) is 0 Å². The topological polar surface area (TPSA) is 78.9 Å². The van der Waals surface area contributed by atoms with Gasteiger partial charge in [0.05, 0.1) is 33.6 Å². The van der Waals surface area contributed by atoms with Crippen molar-refractivity contribution in [3.05, 3.63) is 6.33 Å². The Labute approximate surface area is 137 Å². The average Bonchev–Trinajstić information content (AvgIpc) is 3.01. The van der Waals surface area contributed by atoms with Crippen LogP contribution >= 0.6 is 0 Å². The van der Waals surface area contributed by atoms with Gasteiger partial charge in [-0.05, 0) is 12.3 Å². The van der Waals surface area contributed by atoms with E-state index in [2.05, 4.69) is 30.7 Å². The highest BCUT2D eigenvalue weighted by molar-refractivity contribution is 5.82. The summed E-state index contributed by atoms with van der Waals surface area (Å²) in [5.41, 5.74) is 7.50. The monoisotopic (exact) mass is 319 g/mol. The Balaban J connectivity index is 2.10. The first-order valence-electron chi connectivity index (χ1n) is 8.21. The van der Waals surface area contributed by atoms with Crippen LogP contribution in [0.5, 0.6) is 0 Å². The summed E-state index contributed by atoms with van der Waals surface area (Å²) in [7, 11) is 6.06. The first-order chi connectivity index (χ1) is 10.7. The number of rotatable bonds is 3. The molecule has 0 unspecified atom stereocenters. The van der Waals surface area contributed by atoms with Gasteiger partial charge in [-0.1, -0.05) is 20.8 Å². The Morgan fingerprint density at radius 3 is 2.48 bits per heavy atom. The Morgan fingerprint density at radius 2 is 1.91 bits per heavy atom. The summed E-state index contributed by atoms with van der Waals surface area (Å²) in [6.45, 7) is 6.64. The maximum absolute atomic E-state index is 6.27. The zero-order chi connectivity index (χ0) is 16.9. The molecule has 1 saturated heterocycles. The number of nitrogen functional groups attached to an aromatic ring is 1. The summed E-state index contributed by atoms with van der Waals surface area (Å²) < 4.78 is 8.79. The third-order valence-electron chi connectivity index (χ3n) is 4.89. The van der Waals surface area contributed by atoms with Crippen molar-refractivity contribution >= 4 is 22.9 Å². The smallest absolute Gasteiger partial charge is 0.332 e. The Hall–Kier alpha value is -1.73. The Morgan fingerprint density at radius 1 is 1.22 bits per heavy atom. The minimum Gasteiger partial charge on any atom is -0.382 e. The molecule has 2 N–H and O–H groups in total. The molecule has 0 saturated carbocycles. The Bertz CT molecular complexity index is 719. The predicted molar refractivity (Wildman–Crippen MR) is 91.8 cm³/mol. The molecule has 1 aliphatic heterocycles. The standard InChI is InChI=1S/C16H27N6O/c1-7-11-9(2)10(3)15(23-11)21-8-18-12-13(17)19-16(20-14(12)21)22(4,5)6/h8-11,15H,7H2,1-6H3,(H2,17,19,20)/q+1/t9-,10+,11+,15+/m0/s1. The van der Waals surface area contributed by atoms with Gasteiger partial charge in [0.25, 0.3) is 0 Å². The number of aromatic nitrogens is 4. The molecule has 1 aliphatic rings. The number of hydrogen-bond acceptors (Lipinski definition) is 5. The minimum absolute atomic E-state index is 0.0606. The van der Waals surface area contributed by atoms with Crippen molar-refractivity contribution in [2.45, 2.75) is 39.5 Å². The van der Waals surface area contributed by atoms with Crippen LogP contribution < -0.4 is 10.2 Å². The third kappa shape index (κ3) is 2.57. The van der Waals surface area contributed by atoms with E-state index in [0.29, 0.717) is 33.6 Å². The number of nitrogens with zero attached hydrogens (tertiary/aromatic N) is 5. The van der Waals surface area contributed by atoms with Gasteiger partial charge in [0, 0.05) is 5.92 Å². The van der Waals surface area contributed by atoms with E-state index in [4.69, 9.17) is 15.5 Å². The molecule has 0 aliphatic carbocycles. The van der Waals surface area contributed by atoms with E-state index < -0.39 is 0 Å². The van der Waals surface area contributed by atoms with Gasteiger partial charge < -0.3 is 10.5 Å². The lowest BCUT2D eigenvalue weighted by Crippen LogP contribution is -2.37. The number of ether oxygens (including phenoxy) is 1. The van der Waals surface area contributed by atoms with Crippen LogP contribution in [0.1, 0.15) is 33.4 Å². The molecule has 0 bridgehead atoms. The molecule has 2 aromatic heterocycles. The van der Waals surface area contributed by atoms with E-state index in [1.165, 1.54) is 0 Å². The van der Waals surface area contributed by atoms with E-state index in [9.17, 15) is 0 Å². The molecule has 0 aromatic carbocycles. The maximum Gasteiger partial charge on any atom is 0.332 e. The van der Waals surface area contributed by atoms with Gasteiger partial charge >= 0.3 is 5.95 Å². The predicted octanol–water partition coefficient (Wildman–Crippen LogP) is 2.18. The van der Waals surface area contributed by atoms with Gasteiger partial charge in [-0.2, -0.15) is 9.97 Å². The normalized spacial score (nSPS) is 28.6. The molecule has 23 heavy (non-hydrogen) atoms. The quantitative estimate of drug-likeness (QED) is 0.877. The lowest BCUT2D eigenvalue weighted by atomic mass is 9.91. The van der Waals surface area contributed by atoms with Crippen LogP contribution in [0, 0.1) is 11.8 Å². The lowest BCUT2D eigenvalue weighted by Gasteiger charge is -2.21. The summed E-state index contributed by atoms with van der Waals surface area (Å²) in [6, 6.07) is 0. The fourth-order valence-electron chi connectivity index (χ4n) is 3.22. The summed E-state index contributed by atoms with van der Waals surface area (Å²) in [4.78, 5) is 13.5. The van der Waals surface area contributed by atoms with Crippen LogP contribution in [0.4, 0.5) is 11.8 Å². The van der Waals surface area contributed by atoms with Crippen molar-refractivity contribution in [3.63, 3.8) is 0 Å². The van der Waals surface area contributed by atoms with Crippen molar-refractivity contribution in [1.29, 1.82) is 0 Å². The van der Waals surface area contributed by atoms with E-state index in [1.807, 2.05) is 25.7 Å². The largest absolute Gasteiger partial charge is 0.382 e. The van der Waals surface area contributed by atoms with E-state index >= 15 is 0 Å². The lowest BCUT2D eigenvalue weighted by molar-refractivity contribution is -0.0120. The number of imidazole rings is 1. The zero-order valence-electron chi connectivity index (χ0n) is 14.8. The fraction of sp³-hybridized carbons (Fsp3) is 0.688. The third-order valence-corrected chi connectivity index (χ3v) is 4.89. The summed E-state index contributed by atoms with van der Waals surface area (Å²) in [5, 5.41) is 0. The fourth-order valence-corrected chi connectivity index (χ4v) is 3.22.